The molecule has 1 aliphatic rings. The van der Waals surface area contributed by atoms with E-state index in [4.69, 9.17) is 35.0 Å². The van der Waals surface area contributed by atoms with Crippen molar-refractivity contribution in [1.82, 2.24) is 19.9 Å². The number of hydrogen-bond acceptors (Lipinski definition) is 13. The van der Waals surface area contributed by atoms with Crippen molar-refractivity contribution in [1.29, 1.82) is 0 Å². The van der Waals surface area contributed by atoms with Gasteiger partial charge in [-0.2, -0.15) is 8.62 Å². The highest BCUT2D eigenvalue weighted by molar-refractivity contribution is 7.66. The molecular weight excluding hydrogens is 589 g/mol. The van der Waals surface area contributed by atoms with Crippen LogP contribution in [0.5, 0.6) is 0 Å². The zero-order valence-electron chi connectivity index (χ0n) is 19.9. The molecule has 2 aromatic rings. The lowest BCUT2D eigenvalue weighted by atomic mass is 10.2. The first-order chi connectivity index (χ1) is 18.3. The summed E-state index contributed by atoms with van der Waals surface area (Å²) in [7, 11) is -15.0. The van der Waals surface area contributed by atoms with E-state index in [0.717, 1.165) is 0 Å². The van der Waals surface area contributed by atoms with Crippen molar-refractivity contribution < 1.29 is 55.9 Å². The van der Waals surface area contributed by atoms with Gasteiger partial charge in [-0.15, -0.1) is 0 Å². The zero-order valence-corrected chi connectivity index (χ0v) is 22.6. The van der Waals surface area contributed by atoms with Gasteiger partial charge in [-0.05, 0) is 12.6 Å². The van der Waals surface area contributed by atoms with Crippen molar-refractivity contribution >= 4 is 40.3 Å². The van der Waals surface area contributed by atoms with Crippen molar-refractivity contribution in [3.63, 3.8) is 0 Å². The molecule has 0 spiro atoms. The molecule has 39 heavy (non-hydrogen) atoms. The number of nitrogens with one attached hydrogen (secondary N) is 1. The molecule has 1 fully saturated rings. The molecule has 2 aromatic heterocycles. The first-order valence-corrected chi connectivity index (χ1v) is 15.1. The van der Waals surface area contributed by atoms with E-state index in [1.54, 1.807) is 17.8 Å². The first kappa shape index (κ1) is 31.1. The number of nitrogen functional groups attached to an aromatic ring is 1. The van der Waals surface area contributed by atoms with Crippen molar-refractivity contribution in [3.8, 4) is 11.8 Å². The minimum atomic E-state index is -5.71. The summed E-state index contributed by atoms with van der Waals surface area (Å²) in [5, 5.41) is 6.61. The number of hydrogen-bond donors (Lipinski definition) is 6. The predicted octanol–water partition coefficient (Wildman–Crippen LogP) is 0.868. The minimum absolute atomic E-state index is 0.0719. The van der Waals surface area contributed by atoms with Gasteiger partial charge in [-0.3, -0.25) is 4.52 Å². The Hall–Kier alpha value is -2.42. The molecule has 3 heterocycles. The normalized spacial score (nSPS) is 22.4. The smallest absolute Gasteiger partial charge is 0.383 e. The van der Waals surface area contributed by atoms with E-state index in [0.29, 0.717) is 23.1 Å². The quantitative estimate of drug-likeness (QED) is 0.0637. The number of rotatable bonds is 12. The number of azide groups is 1. The molecule has 0 aliphatic carbocycles. The second kappa shape index (κ2) is 12.8. The van der Waals surface area contributed by atoms with Crippen molar-refractivity contribution in [2.75, 3.05) is 32.7 Å². The summed E-state index contributed by atoms with van der Waals surface area (Å²) in [5.74, 6) is 6.02. The molecule has 23 heteroatoms. The Labute approximate surface area is 219 Å². The van der Waals surface area contributed by atoms with Crippen molar-refractivity contribution in [3.05, 3.63) is 28.5 Å². The molecule has 3 unspecified atom stereocenters. The van der Waals surface area contributed by atoms with E-state index in [1.165, 1.54) is 6.33 Å². The fourth-order valence-electron chi connectivity index (χ4n) is 3.47. The second-order valence-electron chi connectivity index (χ2n) is 7.56. The third-order valence-electron chi connectivity index (χ3n) is 4.85. The first-order valence-electron chi connectivity index (χ1n) is 10.6. The molecule has 3 rings (SSSR count). The Morgan fingerprint density at radius 1 is 1.28 bits per heavy atom. The third-order valence-corrected chi connectivity index (χ3v) is 8.65. The maximum absolute atomic E-state index is 12.2. The monoisotopic (exact) mass is 612 g/mol. The molecular formula is C16H23N8O12P3. The van der Waals surface area contributed by atoms with Crippen LogP contribution in [0.4, 0.5) is 5.82 Å². The van der Waals surface area contributed by atoms with Gasteiger partial charge < -0.3 is 44.7 Å². The van der Waals surface area contributed by atoms with Crippen LogP contribution in [0.3, 0.4) is 0 Å². The molecule has 0 saturated carbocycles. The molecule has 0 amide bonds. The molecule has 5 atom stereocenters. The van der Waals surface area contributed by atoms with Gasteiger partial charge in [0.25, 0.3) is 0 Å². The van der Waals surface area contributed by atoms with Crippen LogP contribution in [0.25, 0.3) is 21.5 Å². The Morgan fingerprint density at radius 2 is 2.03 bits per heavy atom. The number of fused-ring (bicyclic) bond motifs is 1. The Morgan fingerprint density at radius 3 is 2.69 bits per heavy atom. The number of ether oxygens (including phenoxy) is 2. The van der Waals surface area contributed by atoms with E-state index in [1.807, 2.05) is 0 Å². The molecule has 0 bridgehead atoms. The number of phosphoric ester groups is 1. The summed E-state index contributed by atoms with van der Waals surface area (Å²) in [6.07, 6.45) is 0.0107. The zero-order chi connectivity index (χ0) is 28.8. The van der Waals surface area contributed by atoms with E-state index >= 15 is 0 Å². The van der Waals surface area contributed by atoms with E-state index in [9.17, 15) is 23.5 Å². The summed E-state index contributed by atoms with van der Waals surface area (Å²) in [6.45, 7) is -0.838. The van der Waals surface area contributed by atoms with Crippen LogP contribution >= 0.6 is 23.5 Å². The maximum Gasteiger partial charge on any atom is 0.490 e. The lowest BCUT2D eigenvalue weighted by Gasteiger charge is -2.21. The molecule has 214 valence electrons. The molecule has 1 aliphatic heterocycles. The highest BCUT2D eigenvalue weighted by Crippen LogP contribution is 2.66. The number of aromatic nitrogens is 3. The van der Waals surface area contributed by atoms with Gasteiger partial charge >= 0.3 is 23.5 Å². The van der Waals surface area contributed by atoms with Gasteiger partial charge in [0.1, 0.15) is 36.9 Å². The van der Waals surface area contributed by atoms with Crippen LogP contribution in [-0.2, 0) is 36.3 Å². The summed E-state index contributed by atoms with van der Waals surface area (Å²) >= 11 is 0. The van der Waals surface area contributed by atoms with Crippen molar-refractivity contribution in [2.24, 2.45) is 5.11 Å². The van der Waals surface area contributed by atoms with Crippen molar-refractivity contribution in [2.45, 2.75) is 24.9 Å². The fourth-order valence-corrected chi connectivity index (χ4v) is 6.50. The van der Waals surface area contributed by atoms with Gasteiger partial charge in [-0.1, -0.05) is 17.0 Å². The summed E-state index contributed by atoms with van der Waals surface area (Å²) in [6, 6.07) is 0. The summed E-state index contributed by atoms with van der Waals surface area (Å²) in [4.78, 5) is 47.2. The molecule has 20 nitrogen and oxygen atoms in total. The third kappa shape index (κ3) is 8.78. The standard InChI is InChI=1S/C16H23N8O12P3/c1-19-4-2-3-10-6-24(16-14(10)15(17)20-8-21-16)13-5-11(32-9-22-23-18)12(34-13)7-33-38(28,29)36-39(30,31)35-37(25,26)27/h6,8,11-13,19H,4-5,7,9H2,1H3,(H,28,29)(H,30,31)(H2,17,20,21)(H2,25,26,27)/t11?,12-,13-/m1/s1. The highest BCUT2D eigenvalue weighted by atomic mass is 31.3. The average molecular weight is 612 g/mol. The molecule has 0 radical (unpaired) electrons. The predicted molar refractivity (Wildman–Crippen MR) is 130 cm³/mol. The van der Waals surface area contributed by atoms with Gasteiger partial charge in [0.15, 0.2) is 0 Å². The van der Waals surface area contributed by atoms with E-state index in [2.05, 4.69) is 45.8 Å². The number of anilines is 1. The van der Waals surface area contributed by atoms with Gasteiger partial charge in [0.05, 0.1) is 30.2 Å². The average Bonchev–Trinajstić information content (AvgIpc) is 3.38. The SMILES string of the molecule is CNCC#Cc1cn([C@H]2CC(OCN=[N+]=[N-])[C@@H](COP(=O)(O)OP(=O)(O)OP(=O)(O)O)O2)c2ncnc(N)c12. The number of phosphoric acid groups is 3. The Kier molecular flexibility index (Phi) is 10.2. The van der Waals surface area contributed by atoms with Crippen LogP contribution in [0, 0.1) is 11.8 Å². The maximum atomic E-state index is 12.2. The van der Waals surface area contributed by atoms with E-state index in [-0.39, 0.29) is 12.2 Å². The second-order valence-corrected chi connectivity index (χ2v) is 12.0. The lowest BCUT2D eigenvalue weighted by molar-refractivity contribution is -0.0581. The Balaban J connectivity index is 1.84. The number of nitrogens with two attached hydrogens (primary N) is 1. The van der Waals surface area contributed by atoms with Gasteiger partial charge in [0.2, 0.25) is 0 Å². The largest absolute Gasteiger partial charge is 0.490 e. The molecule has 0 aromatic carbocycles. The summed E-state index contributed by atoms with van der Waals surface area (Å²) in [5.41, 5.74) is 15.4. The fraction of sp³-hybridized carbons (Fsp3) is 0.500. The van der Waals surface area contributed by atoms with Crippen LogP contribution < -0.4 is 11.1 Å². The van der Waals surface area contributed by atoms with Crippen LogP contribution in [0.15, 0.2) is 17.6 Å². The lowest BCUT2D eigenvalue weighted by Crippen LogP contribution is -2.29. The van der Waals surface area contributed by atoms with Crippen LogP contribution in [0.2, 0.25) is 0 Å². The van der Waals surface area contributed by atoms with E-state index < -0.39 is 55.2 Å². The molecule has 1 saturated heterocycles. The summed E-state index contributed by atoms with van der Waals surface area (Å²) < 4.78 is 59.6. The Bertz CT molecular complexity index is 1450. The molecule has 7 N–H and O–H groups in total. The topological polar surface area (TPSA) is 296 Å². The van der Waals surface area contributed by atoms with Crippen LogP contribution in [0.1, 0.15) is 18.2 Å². The minimum Gasteiger partial charge on any atom is -0.383 e. The van der Waals surface area contributed by atoms with Gasteiger partial charge in [-0.25, -0.2) is 23.7 Å². The number of nitrogens with zero attached hydrogens (tertiary/aromatic N) is 6. The van der Waals surface area contributed by atoms with Gasteiger partial charge in [0, 0.05) is 17.5 Å². The van der Waals surface area contributed by atoms with Crippen LogP contribution in [-0.4, -0.2) is 73.2 Å². The highest BCUT2D eigenvalue weighted by Gasteiger charge is 2.43.